The van der Waals surface area contributed by atoms with E-state index in [1.54, 1.807) is 0 Å². The number of aliphatic hydroxyl groups excluding tert-OH is 4. The van der Waals surface area contributed by atoms with Gasteiger partial charge in [-0.3, -0.25) is 0 Å². The lowest BCUT2D eigenvalue weighted by Gasteiger charge is -2.50. The van der Waals surface area contributed by atoms with Gasteiger partial charge >= 0.3 is 74.1 Å². The topological polar surface area (TPSA) is 202 Å². The Balaban J connectivity index is 0.000000328. The van der Waals surface area contributed by atoms with Gasteiger partial charge in [0.15, 0.2) is 0 Å². The van der Waals surface area contributed by atoms with E-state index in [-0.39, 0.29) is 31.1 Å². The summed E-state index contributed by atoms with van der Waals surface area (Å²) in [6, 6.07) is 0. The molecule has 94 heavy (non-hydrogen) atoms. The Bertz CT molecular complexity index is 2550. The van der Waals surface area contributed by atoms with Crippen molar-refractivity contribution in [1.82, 2.24) is 0 Å². The molecule has 0 radical (unpaired) electrons. The summed E-state index contributed by atoms with van der Waals surface area (Å²) in [5.41, 5.74) is -39.8. The van der Waals surface area contributed by atoms with Gasteiger partial charge in [-0.15, -0.1) is 0 Å². The average Bonchev–Trinajstić information content (AvgIpc) is 1.44. The van der Waals surface area contributed by atoms with Crippen molar-refractivity contribution in [3.8, 4) is 0 Å². The molecule has 0 aliphatic heterocycles. The predicted molar refractivity (Wildman–Crippen MR) is 235 cm³/mol. The van der Waals surface area contributed by atoms with Crippen LogP contribution in [0, 0.1) is 65.1 Å². The van der Waals surface area contributed by atoms with Gasteiger partial charge in [0.05, 0.1) is 12.2 Å². The van der Waals surface area contributed by atoms with Crippen LogP contribution in [0.1, 0.15) is 70.6 Å². The van der Waals surface area contributed by atoms with Crippen LogP contribution < -0.4 is 0 Å². The van der Waals surface area contributed by atoms with E-state index in [9.17, 15) is 199 Å². The molecule has 10 nitrogen and oxygen atoms in total. The van der Waals surface area contributed by atoms with Crippen LogP contribution in [0.4, 0.5) is 158 Å². The van der Waals surface area contributed by atoms with Crippen molar-refractivity contribution in [2.75, 3.05) is 14.2 Å². The minimum Gasteiger partial charge on any atom is -0.400 e. The highest BCUT2D eigenvalue weighted by atomic mass is 19.5. The number of alkyl halides is 36. The molecule has 0 aromatic heterocycles. The maximum Gasteiger partial charge on any atom is 0.430 e. The third kappa shape index (κ3) is 13.7. The van der Waals surface area contributed by atoms with E-state index >= 15 is 0 Å². The van der Waals surface area contributed by atoms with Crippen LogP contribution in [0.2, 0.25) is 0 Å². The fourth-order valence-corrected chi connectivity index (χ4v) is 14.5. The molecule has 0 aromatic rings. The lowest BCUT2D eigenvalue weighted by atomic mass is 9.62. The van der Waals surface area contributed by atoms with Crippen molar-refractivity contribution in [3.63, 3.8) is 0 Å². The molecule has 46 heteroatoms. The second kappa shape index (κ2) is 25.9. The van der Waals surface area contributed by atoms with E-state index in [0.29, 0.717) is 25.7 Å². The van der Waals surface area contributed by atoms with Crippen LogP contribution in [0.5, 0.6) is 0 Å². The smallest absolute Gasteiger partial charge is 0.400 e. The fraction of sp³-hybridized carbons (Fsp3) is 0.917. The lowest BCUT2D eigenvalue weighted by molar-refractivity contribution is -0.428. The van der Waals surface area contributed by atoms with Gasteiger partial charge < -0.3 is 51.1 Å². The second-order valence-corrected chi connectivity index (χ2v) is 23.3. The summed E-state index contributed by atoms with van der Waals surface area (Å²) in [7, 11) is 2.00. The Morgan fingerprint density at radius 1 is 0.309 bits per heavy atom. The van der Waals surface area contributed by atoms with Crippen LogP contribution in [-0.4, -0.2) is 185 Å². The number of aliphatic hydroxyl groups is 10. The molecule has 13 unspecified atom stereocenters. The fourth-order valence-electron chi connectivity index (χ4n) is 14.5. The lowest BCUT2D eigenvalue weighted by Crippen LogP contribution is -2.72. The summed E-state index contributed by atoms with van der Waals surface area (Å²) < 4.78 is 466. The number of hydrogen-bond donors (Lipinski definition) is 10. The van der Waals surface area contributed by atoms with E-state index in [4.69, 9.17) is 10.2 Å². The first-order valence-corrected chi connectivity index (χ1v) is 26.3. The summed E-state index contributed by atoms with van der Waals surface area (Å²) in [6.07, 6.45) is -82.1. The maximum absolute atomic E-state index is 13.2. The molecule has 6 saturated carbocycles. The van der Waals surface area contributed by atoms with Crippen LogP contribution in [0.25, 0.3) is 0 Å². The first kappa shape index (κ1) is 84.8. The van der Waals surface area contributed by atoms with Crippen LogP contribution in [0.15, 0.2) is 22.8 Å². The van der Waals surface area contributed by atoms with Crippen molar-refractivity contribution in [3.05, 3.63) is 22.8 Å². The van der Waals surface area contributed by atoms with Gasteiger partial charge in [0.1, 0.15) is 0 Å². The Hall–Kier alpha value is -3.44. The van der Waals surface area contributed by atoms with Gasteiger partial charge in [-0.2, -0.15) is 158 Å². The number of allylic oxidation sites excluding steroid dienone is 1. The highest BCUT2D eigenvalue weighted by Crippen LogP contribution is 2.70. The Morgan fingerprint density at radius 3 is 0.968 bits per heavy atom. The van der Waals surface area contributed by atoms with Crippen molar-refractivity contribution < 1.29 is 209 Å². The molecule has 0 spiro atoms. The van der Waals surface area contributed by atoms with Crippen molar-refractivity contribution in [2.45, 2.75) is 191 Å². The molecule has 0 saturated heterocycles. The van der Waals surface area contributed by atoms with E-state index in [1.165, 1.54) is 0 Å². The minimum absolute atomic E-state index is 0.0961. The zero-order valence-corrected chi connectivity index (χ0v) is 46.4. The van der Waals surface area contributed by atoms with Gasteiger partial charge in [-0.05, 0) is 122 Å². The van der Waals surface area contributed by atoms with E-state index in [0.717, 1.165) is 20.3 Å². The highest BCUT2D eigenvalue weighted by molar-refractivity contribution is 5.46. The SMILES string of the molecule is CO.CO.OC(C1=CC2CCC1C2)(C(F)(F)F)C(F)(F)F.OC(C1CC2CCC1C2)(C(F)(F)F)C(F)(F)F.OC1CC2CC1C(C(O)(C(F)(F)F)C(F)(F)F)=C2C(O)(C(F)(F)F)C(F)(F)F.OC1CC2CC1C(C(O)(C(F)(F)F)C(F)(F)F)C2C(O)(C(F)(F)F)C(F)(F)F. The molecule has 6 fully saturated rings. The molecule has 10 N–H and O–H groups in total. The zero-order valence-electron chi connectivity index (χ0n) is 46.4. The van der Waals surface area contributed by atoms with E-state index in [1.807, 2.05) is 0 Å². The van der Waals surface area contributed by atoms with Gasteiger partial charge in [0, 0.05) is 37.9 Å². The molecule has 13 atom stereocenters. The van der Waals surface area contributed by atoms with Gasteiger partial charge in [-0.1, -0.05) is 12.5 Å². The summed E-state index contributed by atoms with van der Waals surface area (Å²) in [5.74, 6) is -20.6. The van der Waals surface area contributed by atoms with E-state index < -0.39 is 216 Å². The van der Waals surface area contributed by atoms with Gasteiger partial charge in [-0.25, -0.2) is 0 Å². The van der Waals surface area contributed by atoms with E-state index in [2.05, 4.69) is 0 Å². The van der Waals surface area contributed by atoms with Crippen LogP contribution >= 0.6 is 0 Å². The third-order valence-corrected chi connectivity index (χ3v) is 18.4. The number of halogens is 36. The summed E-state index contributed by atoms with van der Waals surface area (Å²) >= 11 is 0. The normalized spacial score (nSPS) is 29.8. The van der Waals surface area contributed by atoms with Crippen molar-refractivity contribution >= 4 is 0 Å². The number of fused-ring (bicyclic) bond motifs is 8. The molecule has 0 aromatic carbocycles. The Morgan fingerprint density at radius 2 is 0.670 bits per heavy atom. The minimum atomic E-state index is -6.80. The van der Waals surface area contributed by atoms with Crippen LogP contribution in [-0.2, 0) is 0 Å². The number of rotatable bonds is 6. The second-order valence-electron chi connectivity index (χ2n) is 23.3. The summed E-state index contributed by atoms with van der Waals surface area (Å²) in [6.45, 7) is 0. The first-order chi connectivity index (χ1) is 41.4. The van der Waals surface area contributed by atoms with Crippen molar-refractivity contribution in [1.29, 1.82) is 0 Å². The Labute approximate surface area is 501 Å². The predicted octanol–water partition coefficient (Wildman–Crippen LogP) is 12.4. The largest absolute Gasteiger partial charge is 0.430 e. The van der Waals surface area contributed by atoms with Crippen molar-refractivity contribution in [2.24, 2.45) is 65.1 Å². The quantitative estimate of drug-likeness (QED) is 0.0901. The standard InChI is InChI=1S/C13H12F12O3.C13H10F12O3.C10H12F6O.C10H10F6O.2CH4O/c2*14-10(15,16)8(27,11(17,18)19)6-3-1-4(5(26)2-3)7(6)9(28,12(20,21)22)13(23,24)25;2*11-9(12,13)8(17,10(14,15)16)7-4-5-1-2-6(7)3-5;2*1-2/h3-7,26-28H,1-2H2;3-5,26-28H,1-2H2;5-7,17H,1-4H2;4-6,17H,1-3H2;2*2H,1H3. The highest BCUT2D eigenvalue weighted by Gasteiger charge is 2.87. The first-order valence-electron chi connectivity index (χ1n) is 26.3. The zero-order chi connectivity index (χ0) is 74.7. The molecule has 0 amide bonds. The maximum atomic E-state index is 13.2. The molecule has 8 bridgehead atoms. The van der Waals surface area contributed by atoms with Gasteiger partial charge in [0.25, 0.3) is 33.6 Å². The molecule has 8 aliphatic carbocycles. The molecule has 8 rings (SSSR count). The number of hydrogen-bond acceptors (Lipinski definition) is 10. The Kier molecular flexibility index (Phi) is 23.4. The molecule has 0 heterocycles. The van der Waals surface area contributed by atoms with Crippen LogP contribution in [0.3, 0.4) is 0 Å². The molecular weight excluding hydrogens is 1420 g/mol. The molecule has 8 aliphatic rings. The summed E-state index contributed by atoms with van der Waals surface area (Å²) in [5, 5.41) is 89.4. The monoisotopic (exact) mass is 1470 g/mol. The average molecular weight is 1470 g/mol. The van der Waals surface area contributed by atoms with Gasteiger partial charge in [0.2, 0.25) is 0 Å². The molecule has 556 valence electrons. The summed E-state index contributed by atoms with van der Waals surface area (Å²) in [4.78, 5) is 0. The molecular formula is C48H52F36O10. The third-order valence-electron chi connectivity index (χ3n) is 18.4.